The zero-order valence-electron chi connectivity index (χ0n) is 14.6. The van der Waals surface area contributed by atoms with Crippen molar-refractivity contribution in [1.82, 2.24) is 14.8 Å². The number of nitrogens with two attached hydrogens (primary N) is 1. The van der Waals surface area contributed by atoms with Crippen molar-refractivity contribution in [1.29, 1.82) is 0 Å². The van der Waals surface area contributed by atoms with Crippen LogP contribution in [0.4, 0.5) is 5.69 Å². The Labute approximate surface area is 150 Å². The number of carbonyl (C=O) groups excluding carboxylic acids is 2. The van der Waals surface area contributed by atoms with E-state index < -0.39 is 11.8 Å². The standard InChI is InChI=1S/C18H21N5O3/c1-2-22-13-6-3-4-8-14(13)26-10-11(18(22)25)12-7-5-9-15-20-17(16(19)24)21-23(12)15/h3-4,6,8,11-12H,2,5,7,9-10H2,1H3,(H2,19,24)/t11-,12?/m1/s1. The number of rotatable bonds is 3. The molecule has 1 unspecified atom stereocenters. The van der Waals surface area contributed by atoms with Gasteiger partial charge >= 0.3 is 0 Å². The summed E-state index contributed by atoms with van der Waals surface area (Å²) in [7, 11) is 0. The Kier molecular flexibility index (Phi) is 4.10. The van der Waals surface area contributed by atoms with E-state index in [0.717, 1.165) is 24.9 Å². The SMILES string of the molecule is CCN1C(=O)[C@@H](C2CCCc3nc(C(N)=O)nn32)COc2ccccc21. The third-order valence-electron chi connectivity index (χ3n) is 5.08. The molecular weight excluding hydrogens is 334 g/mol. The number of carbonyl (C=O) groups is 2. The normalized spacial score (nSPS) is 22.2. The van der Waals surface area contributed by atoms with E-state index in [4.69, 9.17) is 10.5 Å². The minimum atomic E-state index is -0.656. The van der Waals surface area contributed by atoms with Gasteiger partial charge in [0, 0.05) is 13.0 Å². The maximum absolute atomic E-state index is 13.3. The Morgan fingerprint density at radius 1 is 1.38 bits per heavy atom. The fourth-order valence-corrected chi connectivity index (χ4v) is 3.83. The molecule has 2 aliphatic heterocycles. The van der Waals surface area contributed by atoms with Crippen LogP contribution in [0.3, 0.4) is 0 Å². The van der Waals surface area contributed by atoms with Crippen LogP contribution < -0.4 is 15.4 Å². The summed E-state index contributed by atoms with van der Waals surface area (Å²) in [5.41, 5.74) is 6.11. The molecule has 1 aromatic heterocycles. The van der Waals surface area contributed by atoms with Crippen molar-refractivity contribution in [3.05, 3.63) is 35.9 Å². The fraction of sp³-hybridized carbons (Fsp3) is 0.444. The van der Waals surface area contributed by atoms with Gasteiger partial charge in [-0.15, -0.1) is 5.10 Å². The number of fused-ring (bicyclic) bond motifs is 2. The molecular formula is C18H21N5O3. The summed E-state index contributed by atoms with van der Waals surface area (Å²) in [5.74, 6) is 0.363. The van der Waals surface area contributed by atoms with Crippen LogP contribution in [-0.4, -0.2) is 39.7 Å². The van der Waals surface area contributed by atoms with E-state index in [0.29, 0.717) is 18.1 Å². The summed E-state index contributed by atoms with van der Waals surface area (Å²) in [4.78, 5) is 30.7. The van der Waals surface area contributed by atoms with Gasteiger partial charge in [0.15, 0.2) is 0 Å². The number of ether oxygens (including phenoxy) is 1. The molecule has 2 aromatic rings. The smallest absolute Gasteiger partial charge is 0.288 e. The van der Waals surface area contributed by atoms with E-state index >= 15 is 0 Å². The average molecular weight is 355 g/mol. The van der Waals surface area contributed by atoms with Crippen LogP contribution in [0.25, 0.3) is 0 Å². The number of benzene rings is 1. The highest BCUT2D eigenvalue weighted by molar-refractivity contribution is 5.97. The van der Waals surface area contributed by atoms with E-state index in [1.54, 1.807) is 9.58 Å². The molecule has 2 aliphatic rings. The highest BCUT2D eigenvalue weighted by Crippen LogP contribution is 2.37. The molecule has 3 heterocycles. The quantitative estimate of drug-likeness (QED) is 0.894. The monoisotopic (exact) mass is 355 g/mol. The van der Waals surface area contributed by atoms with Gasteiger partial charge in [-0.05, 0) is 31.9 Å². The molecule has 8 nitrogen and oxygen atoms in total. The molecule has 8 heteroatoms. The minimum Gasteiger partial charge on any atom is -0.490 e. The molecule has 2 amide bonds. The Balaban J connectivity index is 1.71. The van der Waals surface area contributed by atoms with E-state index in [2.05, 4.69) is 10.1 Å². The first-order valence-corrected chi connectivity index (χ1v) is 8.88. The molecule has 0 fully saturated rings. The van der Waals surface area contributed by atoms with Crippen molar-refractivity contribution in [2.75, 3.05) is 18.1 Å². The molecule has 2 N–H and O–H groups in total. The van der Waals surface area contributed by atoms with Crippen LogP contribution in [0.5, 0.6) is 5.75 Å². The third kappa shape index (κ3) is 2.61. The number of hydrogen-bond acceptors (Lipinski definition) is 5. The molecule has 0 aliphatic carbocycles. The summed E-state index contributed by atoms with van der Waals surface area (Å²) in [5, 5.41) is 4.28. The first-order valence-electron chi connectivity index (χ1n) is 8.88. The molecule has 26 heavy (non-hydrogen) atoms. The molecule has 1 aromatic carbocycles. The second-order valence-corrected chi connectivity index (χ2v) is 6.59. The molecule has 0 bridgehead atoms. The van der Waals surface area contributed by atoms with Crippen molar-refractivity contribution >= 4 is 17.5 Å². The van der Waals surface area contributed by atoms with Gasteiger partial charge in [-0.3, -0.25) is 9.59 Å². The Hall–Kier alpha value is -2.90. The van der Waals surface area contributed by atoms with Crippen LogP contribution in [-0.2, 0) is 11.2 Å². The Morgan fingerprint density at radius 2 is 2.19 bits per heavy atom. The first-order chi connectivity index (χ1) is 12.6. The van der Waals surface area contributed by atoms with Crippen molar-refractivity contribution in [2.24, 2.45) is 11.7 Å². The van der Waals surface area contributed by atoms with Gasteiger partial charge in [0.2, 0.25) is 11.7 Å². The fourth-order valence-electron chi connectivity index (χ4n) is 3.83. The van der Waals surface area contributed by atoms with E-state index in [1.165, 1.54) is 0 Å². The molecule has 0 radical (unpaired) electrons. The van der Waals surface area contributed by atoms with E-state index in [1.807, 2.05) is 31.2 Å². The number of anilines is 1. The van der Waals surface area contributed by atoms with Crippen molar-refractivity contribution in [3.63, 3.8) is 0 Å². The van der Waals surface area contributed by atoms with Gasteiger partial charge in [-0.1, -0.05) is 12.1 Å². The lowest BCUT2D eigenvalue weighted by atomic mass is 9.91. The Bertz CT molecular complexity index is 862. The minimum absolute atomic E-state index is 0.00419. The van der Waals surface area contributed by atoms with Gasteiger partial charge in [0.05, 0.1) is 17.6 Å². The lowest BCUT2D eigenvalue weighted by molar-refractivity contribution is -0.124. The topological polar surface area (TPSA) is 103 Å². The maximum atomic E-state index is 13.3. The second-order valence-electron chi connectivity index (χ2n) is 6.59. The lowest BCUT2D eigenvalue weighted by Crippen LogP contribution is -2.42. The summed E-state index contributed by atoms with van der Waals surface area (Å²) in [6.45, 7) is 2.77. The highest BCUT2D eigenvalue weighted by atomic mass is 16.5. The number of para-hydroxylation sites is 2. The van der Waals surface area contributed by atoms with Crippen LogP contribution in [0.15, 0.2) is 24.3 Å². The summed E-state index contributed by atoms with van der Waals surface area (Å²) in [6, 6.07) is 7.36. The van der Waals surface area contributed by atoms with Crippen LogP contribution in [0, 0.1) is 5.92 Å². The van der Waals surface area contributed by atoms with Gasteiger partial charge in [-0.2, -0.15) is 0 Å². The number of aryl methyl sites for hydroxylation is 1. The van der Waals surface area contributed by atoms with Gasteiger partial charge < -0.3 is 15.4 Å². The molecule has 2 atom stereocenters. The van der Waals surface area contributed by atoms with Crippen LogP contribution in [0.1, 0.15) is 42.3 Å². The third-order valence-corrected chi connectivity index (χ3v) is 5.08. The number of nitrogens with zero attached hydrogens (tertiary/aromatic N) is 4. The average Bonchev–Trinajstić information content (AvgIpc) is 3.03. The van der Waals surface area contributed by atoms with Crippen molar-refractivity contribution in [3.8, 4) is 5.75 Å². The summed E-state index contributed by atoms with van der Waals surface area (Å²) in [6.07, 6.45) is 2.38. The molecule has 0 spiro atoms. The summed E-state index contributed by atoms with van der Waals surface area (Å²) >= 11 is 0. The van der Waals surface area contributed by atoms with Crippen LogP contribution in [0.2, 0.25) is 0 Å². The van der Waals surface area contributed by atoms with E-state index in [-0.39, 0.29) is 24.4 Å². The highest BCUT2D eigenvalue weighted by Gasteiger charge is 2.39. The molecule has 0 saturated heterocycles. The molecule has 0 saturated carbocycles. The maximum Gasteiger partial charge on any atom is 0.288 e. The van der Waals surface area contributed by atoms with Gasteiger partial charge in [0.1, 0.15) is 18.2 Å². The predicted octanol–water partition coefficient (Wildman–Crippen LogP) is 1.32. The van der Waals surface area contributed by atoms with Gasteiger partial charge in [0.25, 0.3) is 5.91 Å². The Morgan fingerprint density at radius 3 is 2.96 bits per heavy atom. The van der Waals surface area contributed by atoms with Gasteiger partial charge in [-0.25, -0.2) is 9.67 Å². The van der Waals surface area contributed by atoms with E-state index in [9.17, 15) is 9.59 Å². The first kappa shape index (κ1) is 16.6. The number of amides is 2. The van der Waals surface area contributed by atoms with Crippen LogP contribution >= 0.6 is 0 Å². The lowest BCUT2D eigenvalue weighted by Gasteiger charge is -2.31. The predicted molar refractivity (Wildman–Crippen MR) is 94.0 cm³/mol. The summed E-state index contributed by atoms with van der Waals surface area (Å²) < 4.78 is 7.68. The van der Waals surface area contributed by atoms with Crippen molar-refractivity contribution in [2.45, 2.75) is 32.2 Å². The largest absolute Gasteiger partial charge is 0.490 e. The molecule has 136 valence electrons. The zero-order chi connectivity index (χ0) is 18.3. The molecule has 4 rings (SSSR count). The second kappa shape index (κ2) is 6.44. The number of hydrogen-bond donors (Lipinski definition) is 1. The number of primary amides is 1. The zero-order valence-corrected chi connectivity index (χ0v) is 14.6. The van der Waals surface area contributed by atoms with Crippen molar-refractivity contribution < 1.29 is 14.3 Å². The number of aromatic nitrogens is 3.